The highest BCUT2D eigenvalue weighted by Crippen LogP contribution is 2.08. The molecule has 1 aromatic carbocycles. The second-order valence-electron chi connectivity index (χ2n) is 3.96. The number of amides is 1. The van der Waals surface area contributed by atoms with E-state index in [1.54, 1.807) is 11.8 Å². The van der Waals surface area contributed by atoms with Crippen molar-refractivity contribution < 1.29 is 4.79 Å². The topological polar surface area (TPSA) is 55.1 Å². The maximum absolute atomic E-state index is 11.6. The van der Waals surface area contributed by atoms with Gasteiger partial charge in [0.25, 0.3) is 0 Å². The van der Waals surface area contributed by atoms with Crippen LogP contribution >= 0.6 is 11.8 Å². The molecule has 0 aliphatic heterocycles. The number of thioether (sulfide) groups is 1. The molecular formula is C14H20N2OS. The van der Waals surface area contributed by atoms with Gasteiger partial charge in [0.15, 0.2) is 0 Å². The SMILES string of the molecule is C=CCSCCNC(=O)CCc1cccc(N)c1. The molecule has 0 saturated carbocycles. The number of rotatable bonds is 8. The summed E-state index contributed by atoms with van der Waals surface area (Å²) in [6, 6.07) is 7.66. The van der Waals surface area contributed by atoms with E-state index in [9.17, 15) is 4.79 Å². The lowest BCUT2D eigenvalue weighted by atomic mass is 10.1. The summed E-state index contributed by atoms with van der Waals surface area (Å²) in [4.78, 5) is 11.6. The van der Waals surface area contributed by atoms with Gasteiger partial charge in [0.05, 0.1) is 0 Å². The standard InChI is InChI=1S/C14H20N2OS/c1-2-9-18-10-8-16-14(17)7-6-12-4-3-5-13(15)11-12/h2-5,11H,1,6-10,15H2,(H,16,17). The minimum absolute atomic E-state index is 0.0941. The van der Waals surface area contributed by atoms with Gasteiger partial charge in [0.1, 0.15) is 0 Å². The summed E-state index contributed by atoms with van der Waals surface area (Å²) in [5.74, 6) is 1.95. The van der Waals surface area contributed by atoms with Gasteiger partial charge in [-0.3, -0.25) is 4.79 Å². The third kappa shape index (κ3) is 6.35. The van der Waals surface area contributed by atoms with Crippen LogP contribution in [0.5, 0.6) is 0 Å². The zero-order chi connectivity index (χ0) is 13.2. The van der Waals surface area contributed by atoms with Crippen molar-refractivity contribution in [3.63, 3.8) is 0 Å². The Balaban J connectivity index is 2.15. The second-order valence-corrected chi connectivity index (χ2v) is 5.11. The first-order valence-corrected chi connectivity index (χ1v) is 7.17. The van der Waals surface area contributed by atoms with Crippen molar-refractivity contribution in [3.8, 4) is 0 Å². The van der Waals surface area contributed by atoms with Crippen molar-refractivity contribution in [3.05, 3.63) is 42.5 Å². The maximum atomic E-state index is 11.6. The number of carbonyl (C=O) groups is 1. The first-order valence-electron chi connectivity index (χ1n) is 6.02. The van der Waals surface area contributed by atoms with Crippen LogP contribution in [0.1, 0.15) is 12.0 Å². The highest BCUT2D eigenvalue weighted by molar-refractivity contribution is 7.99. The number of hydrogen-bond acceptors (Lipinski definition) is 3. The highest BCUT2D eigenvalue weighted by Gasteiger charge is 2.01. The molecular weight excluding hydrogens is 244 g/mol. The largest absolute Gasteiger partial charge is 0.399 e. The van der Waals surface area contributed by atoms with E-state index in [0.717, 1.165) is 29.2 Å². The van der Waals surface area contributed by atoms with Crippen LogP contribution in [0.2, 0.25) is 0 Å². The fourth-order valence-electron chi connectivity index (χ4n) is 1.52. The summed E-state index contributed by atoms with van der Waals surface area (Å²) in [7, 11) is 0. The number of benzene rings is 1. The van der Waals surface area contributed by atoms with Crippen LogP contribution in [0.4, 0.5) is 5.69 Å². The van der Waals surface area contributed by atoms with Gasteiger partial charge in [-0.1, -0.05) is 18.2 Å². The van der Waals surface area contributed by atoms with Crippen molar-refractivity contribution in [1.82, 2.24) is 5.32 Å². The van der Waals surface area contributed by atoms with Crippen LogP contribution in [0.25, 0.3) is 0 Å². The van der Waals surface area contributed by atoms with Gasteiger partial charge >= 0.3 is 0 Å². The Morgan fingerprint density at radius 2 is 2.33 bits per heavy atom. The fourth-order valence-corrected chi connectivity index (χ4v) is 2.10. The molecule has 98 valence electrons. The summed E-state index contributed by atoms with van der Waals surface area (Å²) < 4.78 is 0. The molecule has 1 aromatic rings. The van der Waals surface area contributed by atoms with Crippen molar-refractivity contribution in [2.45, 2.75) is 12.8 Å². The Labute approximate surface area is 113 Å². The van der Waals surface area contributed by atoms with Gasteiger partial charge in [-0.2, -0.15) is 11.8 Å². The van der Waals surface area contributed by atoms with E-state index in [1.807, 2.05) is 30.3 Å². The Morgan fingerprint density at radius 3 is 3.06 bits per heavy atom. The number of carbonyl (C=O) groups excluding carboxylic acids is 1. The number of nitrogens with two attached hydrogens (primary N) is 1. The lowest BCUT2D eigenvalue weighted by Crippen LogP contribution is -2.25. The van der Waals surface area contributed by atoms with Gasteiger partial charge in [-0.05, 0) is 24.1 Å². The molecule has 1 rings (SSSR count). The van der Waals surface area contributed by atoms with E-state index in [2.05, 4.69) is 11.9 Å². The van der Waals surface area contributed by atoms with Gasteiger partial charge in [0, 0.05) is 30.2 Å². The number of nitrogen functional groups attached to an aromatic ring is 1. The number of anilines is 1. The van der Waals surface area contributed by atoms with Crippen LogP contribution in [0.15, 0.2) is 36.9 Å². The van der Waals surface area contributed by atoms with Crippen LogP contribution < -0.4 is 11.1 Å². The number of hydrogen-bond donors (Lipinski definition) is 2. The minimum atomic E-state index is 0.0941. The summed E-state index contributed by atoms with van der Waals surface area (Å²) in [6.07, 6.45) is 3.11. The van der Waals surface area contributed by atoms with Gasteiger partial charge in [-0.25, -0.2) is 0 Å². The highest BCUT2D eigenvalue weighted by atomic mass is 32.2. The Bertz CT molecular complexity index is 393. The molecule has 0 atom stereocenters. The second kappa shape index (κ2) is 8.64. The fraction of sp³-hybridized carbons (Fsp3) is 0.357. The van der Waals surface area contributed by atoms with Crippen molar-refractivity contribution in [1.29, 1.82) is 0 Å². The smallest absolute Gasteiger partial charge is 0.220 e. The molecule has 0 bridgehead atoms. The minimum Gasteiger partial charge on any atom is -0.399 e. The molecule has 0 fully saturated rings. The van der Waals surface area contributed by atoms with E-state index < -0.39 is 0 Å². The van der Waals surface area contributed by atoms with Crippen LogP contribution in [-0.2, 0) is 11.2 Å². The number of aryl methyl sites for hydroxylation is 1. The quantitative estimate of drug-likeness (QED) is 0.430. The molecule has 0 aromatic heterocycles. The molecule has 0 saturated heterocycles. The van der Waals surface area contributed by atoms with Crippen molar-refractivity contribution >= 4 is 23.4 Å². The average Bonchev–Trinajstić information content (AvgIpc) is 2.36. The molecule has 1 amide bonds. The van der Waals surface area contributed by atoms with Crippen molar-refractivity contribution in [2.24, 2.45) is 0 Å². The molecule has 0 aliphatic carbocycles. The summed E-state index contributed by atoms with van der Waals surface area (Å²) in [6.45, 7) is 4.36. The van der Waals surface area contributed by atoms with E-state index in [4.69, 9.17) is 5.73 Å². The Morgan fingerprint density at radius 1 is 1.50 bits per heavy atom. The van der Waals surface area contributed by atoms with Gasteiger partial charge < -0.3 is 11.1 Å². The first-order chi connectivity index (χ1) is 8.72. The lowest BCUT2D eigenvalue weighted by Gasteiger charge is -2.05. The first kappa shape index (κ1) is 14.6. The average molecular weight is 264 g/mol. The Kier molecular flexibility index (Phi) is 7.03. The van der Waals surface area contributed by atoms with E-state index in [0.29, 0.717) is 13.0 Å². The molecule has 0 spiro atoms. The molecule has 0 heterocycles. The predicted molar refractivity (Wildman–Crippen MR) is 79.7 cm³/mol. The third-order valence-electron chi connectivity index (χ3n) is 2.40. The zero-order valence-electron chi connectivity index (χ0n) is 10.5. The van der Waals surface area contributed by atoms with Gasteiger partial charge in [0.2, 0.25) is 5.91 Å². The normalized spacial score (nSPS) is 10.0. The van der Waals surface area contributed by atoms with Crippen LogP contribution in [0.3, 0.4) is 0 Å². The lowest BCUT2D eigenvalue weighted by molar-refractivity contribution is -0.120. The van der Waals surface area contributed by atoms with E-state index in [-0.39, 0.29) is 5.91 Å². The Hall–Kier alpha value is -1.42. The molecule has 0 aliphatic rings. The van der Waals surface area contributed by atoms with Gasteiger partial charge in [-0.15, -0.1) is 6.58 Å². The van der Waals surface area contributed by atoms with Crippen molar-refractivity contribution in [2.75, 3.05) is 23.8 Å². The summed E-state index contributed by atoms with van der Waals surface area (Å²) in [5, 5.41) is 2.90. The molecule has 3 N–H and O–H groups in total. The summed E-state index contributed by atoms with van der Waals surface area (Å²) >= 11 is 1.76. The molecule has 0 radical (unpaired) electrons. The van der Waals surface area contributed by atoms with E-state index in [1.165, 1.54) is 0 Å². The summed E-state index contributed by atoms with van der Waals surface area (Å²) in [5.41, 5.74) is 7.53. The van der Waals surface area contributed by atoms with E-state index >= 15 is 0 Å². The molecule has 0 unspecified atom stereocenters. The number of nitrogens with one attached hydrogen (secondary N) is 1. The maximum Gasteiger partial charge on any atom is 0.220 e. The monoisotopic (exact) mass is 264 g/mol. The predicted octanol–water partition coefficient (Wildman–Crippen LogP) is 2.24. The third-order valence-corrected chi connectivity index (χ3v) is 3.36. The molecule has 4 heteroatoms. The molecule has 3 nitrogen and oxygen atoms in total. The van der Waals surface area contributed by atoms with Crippen LogP contribution in [0, 0.1) is 0 Å². The van der Waals surface area contributed by atoms with Crippen LogP contribution in [-0.4, -0.2) is 24.0 Å². The molecule has 18 heavy (non-hydrogen) atoms. The zero-order valence-corrected chi connectivity index (χ0v) is 11.3.